The molecule has 3 N–H and O–H groups in total. The van der Waals surface area contributed by atoms with Gasteiger partial charge in [0.2, 0.25) is 5.76 Å². The van der Waals surface area contributed by atoms with Crippen molar-refractivity contribution in [1.29, 1.82) is 0 Å². The van der Waals surface area contributed by atoms with Gasteiger partial charge in [-0.1, -0.05) is 6.07 Å². The van der Waals surface area contributed by atoms with E-state index in [1.165, 1.54) is 24.3 Å². The lowest BCUT2D eigenvalue weighted by Gasteiger charge is -2.04. The molecule has 1 heterocycles. The molecule has 2 rings (SSSR count). The summed E-state index contributed by atoms with van der Waals surface area (Å²) in [4.78, 5) is 22.0. The Hall–Kier alpha value is -2.76. The molecule has 0 spiro atoms. The molecule has 104 valence electrons. The Morgan fingerprint density at radius 1 is 1.00 bits per heavy atom. The van der Waals surface area contributed by atoms with E-state index in [4.69, 9.17) is 5.11 Å². The third kappa shape index (κ3) is 3.17. The number of carboxylic acid groups (broad SMARTS) is 1. The standard InChI is InChI=1S/C14H12O6/c15-10-4-3-8(5-11(10)16)1-2-9-6-12(14(18)19)20-13(17)7-9/h3-7,15-16H,1-2H2,(H,18,19). The van der Waals surface area contributed by atoms with Crippen LogP contribution in [0.3, 0.4) is 0 Å². The van der Waals surface area contributed by atoms with Crippen LogP contribution in [0, 0.1) is 0 Å². The van der Waals surface area contributed by atoms with Crippen molar-refractivity contribution >= 4 is 5.97 Å². The smallest absolute Gasteiger partial charge is 0.371 e. The average molecular weight is 276 g/mol. The maximum absolute atomic E-state index is 11.2. The summed E-state index contributed by atoms with van der Waals surface area (Å²) in [6.45, 7) is 0. The minimum absolute atomic E-state index is 0.206. The number of phenols is 2. The van der Waals surface area contributed by atoms with E-state index in [9.17, 15) is 19.8 Å². The first-order chi connectivity index (χ1) is 9.45. The molecule has 1 aromatic carbocycles. The van der Waals surface area contributed by atoms with Crippen molar-refractivity contribution in [1.82, 2.24) is 0 Å². The Morgan fingerprint density at radius 3 is 2.35 bits per heavy atom. The number of hydrogen-bond acceptors (Lipinski definition) is 5. The number of benzene rings is 1. The van der Waals surface area contributed by atoms with Gasteiger partial charge in [0.25, 0.3) is 0 Å². The zero-order valence-corrected chi connectivity index (χ0v) is 10.4. The van der Waals surface area contributed by atoms with Crippen LogP contribution < -0.4 is 5.63 Å². The summed E-state index contributed by atoms with van der Waals surface area (Å²) in [5.41, 5.74) is 0.574. The van der Waals surface area contributed by atoms with Crippen molar-refractivity contribution in [3.63, 3.8) is 0 Å². The molecule has 20 heavy (non-hydrogen) atoms. The maximum atomic E-state index is 11.2. The predicted molar refractivity (Wildman–Crippen MR) is 69.1 cm³/mol. The van der Waals surface area contributed by atoms with Crippen LogP contribution in [0.2, 0.25) is 0 Å². The summed E-state index contributed by atoms with van der Waals surface area (Å²) < 4.78 is 4.54. The molecular formula is C14H12O6. The number of rotatable bonds is 4. The SMILES string of the molecule is O=C(O)c1cc(CCc2ccc(O)c(O)c2)cc(=O)o1. The number of aryl methyl sites for hydroxylation is 2. The molecule has 0 fully saturated rings. The van der Waals surface area contributed by atoms with Crippen molar-refractivity contribution < 1.29 is 24.5 Å². The van der Waals surface area contributed by atoms with Gasteiger partial charge in [-0.2, -0.15) is 0 Å². The van der Waals surface area contributed by atoms with Crippen molar-refractivity contribution in [3.05, 3.63) is 57.6 Å². The summed E-state index contributed by atoms with van der Waals surface area (Å²) in [5.74, 6) is -2.13. The quantitative estimate of drug-likeness (QED) is 0.731. The average Bonchev–Trinajstić information content (AvgIpc) is 2.39. The largest absolute Gasteiger partial charge is 0.504 e. The third-order valence-corrected chi connectivity index (χ3v) is 2.78. The molecule has 1 aromatic heterocycles. The highest BCUT2D eigenvalue weighted by Crippen LogP contribution is 2.25. The predicted octanol–water partition coefficient (Wildman–Crippen LogP) is 1.53. The van der Waals surface area contributed by atoms with E-state index in [1.54, 1.807) is 6.07 Å². The fraction of sp³-hybridized carbons (Fsp3) is 0.143. The second-order valence-electron chi connectivity index (χ2n) is 4.28. The van der Waals surface area contributed by atoms with Gasteiger partial charge < -0.3 is 19.7 Å². The molecule has 0 aliphatic rings. The molecular weight excluding hydrogens is 264 g/mol. The van der Waals surface area contributed by atoms with Crippen LogP contribution in [-0.4, -0.2) is 21.3 Å². The lowest BCUT2D eigenvalue weighted by molar-refractivity contribution is 0.0656. The number of aromatic hydroxyl groups is 2. The Balaban J connectivity index is 2.16. The van der Waals surface area contributed by atoms with Crippen molar-refractivity contribution in [2.45, 2.75) is 12.8 Å². The van der Waals surface area contributed by atoms with Crippen LogP contribution >= 0.6 is 0 Å². The fourth-order valence-electron chi connectivity index (χ4n) is 1.79. The van der Waals surface area contributed by atoms with E-state index >= 15 is 0 Å². The topological polar surface area (TPSA) is 108 Å². The summed E-state index contributed by atoms with van der Waals surface area (Å²) >= 11 is 0. The van der Waals surface area contributed by atoms with Crippen LogP contribution in [0.5, 0.6) is 11.5 Å². The highest BCUT2D eigenvalue weighted by Gasteiger charge is 2.09. The number of carbonyl (C=O) groups is 1. The zero-order chi connectivity index (χ0) is 14.7. The number of aromatic carboxylic acids is 1. The Labute approximate surface area is 113 Å². The second kappa shape index (κ2) is 5.48. The van der Waals surface area contributed by atoms with Crippen molar-refractivity contribution in [2.75, 3.05) is 0 Å². The Bertz CT molecular complexity index is 701. The highest BCUT2D eigenvalue weighted by atomic mass is 16.4. The first-order valence-corrected chi connectivity index (χ1v) is 5.84. The molecule has 0 radical (unpaired) electrons. The number of phenolic OH excluding ortho intramolecular Hbond substituents is 2. The molecule has 0 atom stereocenters. The molecule has 0 saturated heterocycles. The highest BCUT2D eigenvalue weighted by molar-refractivity contribution is 5.84. The molecule has 0 aliphatic carbocycles. The summed E-state index contributed by atoms with van der Waals surface area (Å²) in [6, 6.07) is 6.95. The number of hydrogen-bond donors (Lipinski definition) is 3. The summed E-state index contributed by atoms with van der Waals surface area (Å²) in [6.07, 6.45) is 0.895. The maximum Gasteiger partial charge on any atom is 0.371 e. The normalized spacial score (nSPS) is 10.4. The van der Waals surface area contributed by atoms with Gasteiger partial charge in [-0.05, 0) is 42.2 Å². The van der Waals surface area contributed by atoms with Crippen LogP contribution in [0.15, 0.2) is 39.5 Å². The molecule has 0 aliphatic heterocycles. The van der Waals surface area contributed by atoms with Gasteiger partial charge in [-0.25, -0.2) is 9.59 Å². The van der Waals surface area contributed by atoms with Gasteiger partial charge in [-0.3, -0.25) is 0 Å². The Kier molecular flexibility index (Phi) is 3.74. The van der Waals surface area contributed by atoms with Gasteiger partial charge >= 0.3 is 11.6 Å². The van der Waals surface area contributed by atoms with Gasteiger partial charge in [0.05, 0.1) is 0 Å². The lowest BCUT2D eigenvalue weighted by Crippen LogP contribution is -2.07. The van der Waals surface area contributed by atoms with Crippen LogP contribution in [0.25, 0.3) is 0 Å². The lowest BCUT2D eigenvalue weighted by atomic mass is 10.0. The van der Waals surface area contributed by atoms with Gasteiger partial charge in [0, 0.05) is 6.07 Å². The van der Waals surface area contributed by atoms with Crippen LogP contribution in [0.1, 0.15) is 21.7 Å². The van der Waals surface area contributed by atoms with E-state index < -0.39 is 17.4 Å². The fourth-order valence-corrected chi connectivity index (χ4v) is 1.79. The molecule has 0 unspecified atom stereocenters. The summed E-state index contributed by atoms with van der Waals surface area (Å²) in [7, 11) is 0. The van der Waals surface area contributed by atoms with E-state index in [0.717, 1.165) is 5.56 Å². The van der Waals surface area contributed by atoms with Crippen LogP contribution in [0.4, 0.5) is 0 Å². The molecule has 0 amide bonds. The van der Waals surface area contributed by atoms with E-state index in [1.807, 2.05) is 0 Å². The van der Waals surface area contributed by atoms with E-state index in [-0.39, 0.29) is 11.5 Å². The zero-order valence-electron chi connectivity index (χ0n) is 10.4. The van der Waals surface area contributed by atoms with Crippen molar-refractivity contribution in [3.8, 4) is 11.5 Å². The molecule has 0 bridgehead atoms. The molecule has 0 saturated carbocycles. The minimum atomic E-state index is -1.30. The van der Waals surface area contributed by atoms with E-state index in [2.05, 4.69) is 4.42 Å². The van der Waals surface area contributed by atoms with E-state index in [0.29, 0.717) is 18.4 Å². The van der Waals surface area contributed by atoms with Crippen molar-refractivity contribution in [2.24, 2.45) is 0 Å². The molecule has 6 heteroatoms. The van der Waals surface area contributed by atoms with Gasteiger partial charge in [0.15, 0.2) is 11.5 Å². The number of carboxylic acids is 1. The van der Waals surface area contributed by atoms with Crippen LogP contribution in [-0.2, 0) is 12.8 Å². The molecule has 6 nitrogen and oxygen atoms in total. The third-order valence-electron chi connectivity index (χ3n) is 2.78. The van der Waals surface area contributed by atoms with Gasteiger partial charge in [0.1, 0.15) is 0 Å². The minimum Gasteiger partial charge on any atom is -0.504 e. The van der Waals surface area contributed by atoms with Gasteiger partial charge in [-0.15, -0.1) is 0 Å². The first-order valence-electron chi connectivity index (χ1n) is 5.84. The monoisotopic (exact) mass is 276 g/mol. The Morgan fingerprint density at radius 2 is 1.70 bits per heavy atom. The first kappa shape index (κ1) is 13.7. The second-order valence-corrected chi connectivity index (χ2v) is 4.28. The summed E-state index contributed by atoms with van der Waals surface area (Å²) in [5, 5.41) is 27.4. The molecule has 2 aromatic rings.